The fourth-order valence-electron chi connectivity index (χ4n) is 3.94. The minimum absolute atomic E-state index is 0.104. The van der Waals surface area contributed by atoms with Crippen LogP contribution < -0.4 is 4.74 Å². The molecule has 0 fully saturated rings. The predicted molar refractivity (Wildman–Crippen MR) is 128 cm³/mol. The van der Waals surface area contributed by atoms with Crippen molar-refractivity contribution in [2.75, 3.05) is 6.61 Å². The zero-order valence-corrected chi connectivity index (χ0v) is 18.9. The Labute approximate surface area is 186 Å². The number of fused-ring (bicyclic) bond motifs is 1. The highest BCUT2D eigenvalue weighted by Gasteiger charge is 2.16. The lowest BCUT2D eigenvalue weighted by molar-refractivity contribution is 0.101. The molecule has 0 radical (unpaired) electrons. The molecule has 166 valence electrons. The van der Waals surface area contributed by atoms with E-state index in [0.717, 1.165) is 17.6 Å². The Balaban J connectivity index is 1.39. The summed E-state index contributed by atoms with van der Waals surface area (Å²) in [5, 5.41) is 0.899. The van der Waals surface area contributed by atoms with Crippen LogP contribution in [-0.4, -0.2) is 12.4 Å². The molecule has 0 saturated heterocycles. The zero-order valence-electron chi connectivity index (χ0n) is 18.9. The van der Waals surface area contributed by atoms with Gasteiger partial charge in [-0.05, 0) is 18.6 Å². The molecule has 0 amide bonds. The Bertz CT molecular complexity index is 910. The lowest BCUT2D eigenvalue weighted by Crippen LogP contribution is -1.98. The Morgan fingerprint density at radius 1 is 0.774 bits per heavy atom. The summed E-state index contributed by atoms with van der Waals surface area (Å²) < 4.78 is 11.9. The summed E-state index contributed by atoms with van der Waals surface area (Å²) in [5.74, 6) is 0.969. The van der Waals surface area contributed by atoms with Gasteiger partial charge in [-0.3, -0.25) is 4.79 Å². The Morgan fingerprint density at radius 3 is 2.10 bits per heavy atom. The van der Waals surface area contributed by atoms with Gasteiger partial charge in [0, 0.05) is 10.9 Å². The monoisotopic (exact) mass is 420 g/mol. The highest BCUT2D eigenvalue weighted by molar-refractivity contribution is 6.09. The summed E-state index contributed by atoms with van der Waals surface area (Å²) in [4.78, 5) is 12.7. The molecule has 0 atom stereocenters. The van der Waals surface area contributed by atoms with Crippen molar-refractivity contribution >= 4 is 16.8 Å². The third kappa shape index (κ3) is 7.27. The minimum atomic E-state index is -0.104. The summed E-state index contributed by atoms with van der Waals surface area (Å²) in [5.41, 5.74) is 1.29. The molecule has 0 aliphatic rings. The van der Waals surface area contributed by atoms with E-state index in [4.69, 9.17) is 9.15 Å². The number of hydrogen-bond acceptors (Lipinski definition) is 3. The van der Waals surface area contributed by atoms with E-state index in [1.807, 2.05) is 36.4 Å². The smallest absolute Gasteiger partial charge is 0.228 e. The number of furan rings is 1. The molecule has 0 N–H and O–H groups in total. The molecule has 0 spiro atoms. The van der Waals surface area contributed by atoms with Gasteiger partial charge in [0.1, 0.15) is 0 Å². The first-order valence-corrected chi connectivity index (χ1v) is 12.0. The van der Waals surface area contributed by atoms with Gasteiger partial charge in [0.05, 0.1) is 6.61 Å². The number of rotatable bonds is 15. The van der Waals surface area contributed by atoms with Crippen LogP contribution in [0, 0.1) is 0 Å². The van der Waals surface area contributed by atoms with Gasteiger partial charge in [-0.15, -0.1) is 0 Å². The van der Waals surface area contributed by atoms with Crippen molar-refractivity contribution in [2.24, 2.45) is 0 Å². The number of ketones is 1. The number of carbonyl (C=O) groups is 1. The van der Waals surface area contributed by atoms with Gasteiger partial charge in [0.15, 0.2) is 17.1 Å². The van der Waals surface area contributed by atoms with E-state index in [-0.39, 0.29) is 5.78 Å². The fourth-order valence-corrected chi connectivity index (χ4v) is 3.94. The normalized spacial score (nSPS) is 11.1. The molecule has 1 heterocycles. The van der Waals surface area contributed by atoms with Crippen LogP contribution >= 0.6 is 0 Å². The van der Waals surface area contributed by atoms with E-state index in [1.54, 1.807) is 18.2 Å². The quantitative estimate of drug-likeness (QED) is 0.183. The molecule has 3 rings (SSSR count). The lowest BCUT2D eigenvalue weighted by atomic mass is 10.1. The highest BCUT2D eigenvalue weighted by Crippen LogP contribution is 2.30. The SMILES string of the molecule is CCCCCCCCCCCCCOc1cccc2cc(C(=O)c3ccccc3)oc12. The van der Waals surface area contributed by atoms with Crippen LogP contribution in [0.1, 0.15) is 93.7 Å². The summed E-state index contributed by atoms with van der Waals surface area (Å²) in [6.07, 6.45) is 14.5. The highest BCUT2D eigenvalue weighted by atomic mass is 16.5. The van der Waals surface area contributed by atoms with Crippen molar-refractivity contribution in [3.05, 3.63) is 65.9 Å². The molecule has 0 bridgehead atoms. The van der Waals surface area contributed by atoms with Crippen LogP contribution in [0.2, 0.25) is 0 Å². The van der Waals surface area contributed by atoms with Crippen molar-refractivity contribution in [1.82, 2.24) is 0 Å². The van der Waals surface area contributed by atoms with Gasteiger partial charge in [-0.2, -0.15) is 0 Å². The van der Waals surface area contributed by atoms with Gasteiger partial charge in [-0.1, -0.05) is 114 Å². The van der Waals surface area contributed by atoms with E-state index >= 15 is 0 Å². The fraction of sp³-hybridized carbons (Fsp3) is 0.464. The zero-order chi connectivity index (χ0) is 21.7. The van der Waals surface area contributed by atoms with Gasteiger partial charge < -0.3 is 9.15 Å². The Hall–Kier alpha value is -2.55. The molecule has 31 heavy (non-hydrogen) atoms. The molecule has 2 aromatic carbocycles. The number of benzene rings is 2. The van der Waals surface area contributed by atoms with Crippen LogP contribution in [0.3, 0.4) is 0 Å². The summed E-state index contributed by atoms with van der Waals surface area (Å²) >= 11 is 0. The molecule has 0 aliphatic heterocycles. The summed E-state index contributed by atoms with van der Waals surface area (Å²) in [6, 6.07) is 16.9. The third-order valence-corrected chi connectivity index (χ3v) is 5.77. The lowest BCUT2D eigenvalue weighted by Gasteiger charge is -2.07. The molecule has 1 aromatic heterocycles. The van der Waals surface area contributed by atoms with Crippen molar-refractivity contribution < 1.29 is 13.9 Å². The third-order valence-electron chi connectivity index (χ3n) is 5.77. The maximum Gasteiger partial charge on any atom is 0.228 e. The molecule has 3 nitrogen and oxygen atoms in total. The first kappa shape index (κ1) is 23.1. The molecule has 3 aromatic rings. The van der Waals surface area contributed by atoms with Crippen molar-refractivity contribution in [2.45, 2.75) is 77.6 Å². The Kier molecular flexibility index (Phi) is 9.69. The number of hydrogen-bond donors (Lipinski definition) is 0. The van der Waals surface area contributed by atoms with Crippen LogP contribution in [0.25, 0.3) is 11.0 Å². The summed E-state index contributed by atoms with van der Waals surface area (Å²) in [7, 11) is 0. The second kappa shape index (κ2) is 13.0. The minimum Gasteiger partial charge on any atom is -0.490 e. The van der Waals surface area contributed by atoms with Crippen molar-refractivity contribution in [3.8, 4) is 5.75 Å². The average Bonchev–Trinajstić information content (AvgIpc) is 3.25. The van der Waals surface area contributed by atoms with Crippen molar-refractivity contribution in [1.29, 1.82) is 0 Å². The molecule has 0 saturated carbocycles. The van der Waals surface area contributed by atoms with Gasteiger partial charge >= 0.3 is 0 Å². The van der Waals surface area contributed by atoms with E-state index in [1.165, 1.54) is 64.2 Å². The second-order valence-electron chi connectivity index (χ2n) is 8.36. The number of carbonyl (C=O) groups excluding carboxylic acids is 1. The maximum absolute atomic E-state index is 12.7. The van der Waals surface area contributed by atoms with E-state index in [0.29, 0.717) is 23.5 Å². The second-order valence-corrected chi connectivity index (χ2v) is 8.36. The maximum atomic E-state index is 12.7. The molecule has 0 unspecified atom stereocenters. The van der Waals surface area contributed by atoms with Crippen LogP contribution in [0.5, 0.6) is 5.75 Å². The van der Waals surface area contributed by atoms with Crippen LogP contribution in [0.4, 0.5) is 0 Å². The van der Waals surface area contributed by atoms with Crippen LogP contribution in [0.15, 0.2) is 59.0 Å². The van der Waals surface area contributed by atoms with E-state index in [9.17, 15) is 4.79 Å². The van der Waals surface area contributed by atoms with Gasteiger partial charge in [0.25, 0.3) is 0 Å². The Morgan fingerprint density at radius 2 is 1.42 bits per heavy atom. The predicted octanol–water partition coefficient (Wildman–Crippen LogP) is 8.35. The summed E-state index contributed by atoms with van der Waals surface area (Å²) in [6.45, 7) is 2.95. The molecule has 0 aliphatic carbocycles. The van der Waals surface area contributed by atoms with Gasteiger partial charge in [0.2, 0.25) is 5.78 Å². The number of para-hydroxylation sites is 1. The number of ether oxygens (including phenoxy) is 1. The van der Waals surface area contributed by atoms with Crippen molar-refractivity contribution in [3.63, 3.8) is 0 Å². The van der Waals surface area contributed by atoms with E-state index in [2.05, 4.69) is 6.92 Å². The molecular weight excluding hydrogens is 384 g/mol. The first-order chi connectivity index (χ1) is 15.3. The largest absolute Gasteiger partial charge is 0.490 e. The topological polar surface area (TPSA) is 39.4 Å². The van der Waals surface area contributed by atoms with Gasteiger partial charge in [-0.25, -0.2) is 0 Å². The molecular formula is C28H36O3. The van der Waals surface area contributed by atoms with Crippen LogP contribution in [-0.2, 0) is 0 Å². The molecule has 3 heteroatoms. The first-order valence-electron chi connectivity index (χ1n) is 12.0. The standard InChI is InChI=1S/C28H36O3/c1-2-3-4-5-6-7-8-9-10-11-15-21-30-25-20-16-19-24-22-26(31-28(24)25)27(29)23-17-13-12-14-18-23/h12-14,16-20,22H,2-11,15,21H2,1H3. The number of unbranched alkanes of at least 4 members (excludes halogenated alkanes) is 10. The van der Waals surface area contributed by atoms with E-state index < -0.39 is 0 Å². The average molecular weight is 421 g/mol.